The molecule has 0 bridgehead atoms. The van der Waals surface area contributed by atoms with Crippen LogP contribution in [0.1, 0.15) is 47.0 Å². The van der Waals surface area contributed by atoms with E-state index in [1.54, 1.807) is 13.8 Å². The van der Waals surface area contributed by atoms with Crippen LogP contribution in [0.25, 0.3) is 0 Å². The molecule has 0 radical (unpaired) electrons. The molecular weight excluding hydrogens is 412 g/mol. The molecule has 0 unspecified atom stereocenters. The highest BCUT2D eigenvalue weighted by atomic mass is 16.4. The van der Waals surface area contributed by atoms with Gasteiger partial charge < -0.3 is 37.0 Å². The number of carbonyl (C=O) groups excluding carboxylic acids is 3. The average Bonchev–Trinajstić information content (AvgIpc) is 2.62. The van der Waals surface area contributed by atoms with Crippen molar-refractivity contribution in [1.29, 1.82) is 0 Å². The molecule has 0 saturated carbocycles. The van der Waals surface area contributed by atoms with Gasteiger partial charge in [-0.3, -0.25) is 19.2 Å². The van der Waals surface area contributed by atoms with E-state index in [1.165, 1.54) is 0 Å². The third-order valence-electron chi connectivity index (χ3n) is 4.21. The summed E-state index contributed by atoms with van der Waals surface area (Å²) in [5, 5.41) is 34.2. The molecule has 12 heteroatoms. The van der Waals surface area contributed by atoms with E-state index in [-0.39, 0.29) is 18.3 Å². The van der Waals surface area contributed by atoms with Gasteiger partial charge in [-0.1, -0.05) is 27.7 Å². The first kappa shape index (κ1) is 28.3. The van der Waals surface area contributed by atoms with Gasteiger partial charge >= 0.3 is 11.9 Å². The number of hydrogen-bond donors (Lipinski definition) is 7. The van der Waals surface area contributed by atoms with E-state index in [0.717, 1.165) is 0 Å². The van der Waals surface area contributed by atoms with Crippen molar-refractivity contribution in [2.24, 2.45) is 17.6 Å². The fourth-order valence-corrected chi connectivity index (χ4v) is 2.71. The molecule has 4 atom stereocenters. The Hall–Kier alpha value is -2.73. The van der Waals surface area contributed by atoms with Gasteiger partial charge in [-0.2, -0.15) is 0 Å². The van der Waals surface area contributed by atoms with E-state index in [1.807, 2.05) is 13.8 Å². The molecular formula is C19H34N4O8. The van der Waals surface area contributed by atoms with Crippen LogP contribution < -0.4 is 21.7 Å². The first-order valence-electron chi connectivity index (χ1n) is 10.0. The Kier molecular flexibility index (Phi) is 12.4. The summed E-state index contributed by atoms with van der Waals surface area (Å²) in [5.41, 5.74) is 5.77. The van der Waals surface area contributed by atoms with Crippen molar-refractivity contribution in [1.82, 2.24) is 16.0 Å². The Balaban J connectivity index is 5.27. The zero-order chi connectivity index (χ0) is 24.3. The lowest BCUT2D eigenvalue weighted by Gasteiger charge is -2.25. The molecule has 8 N–H and O–H groups in total. The monoisotopic (exact) mass is 446 g/mol. The molecule has 0 spiro atoms. The number of carboxylic acids is 2. The highest BCUT2D eigenvalue weighted by Gasteiger charge is 2.31. The molecule has 31 heavy (non-hydrogen) atoms. The van der Waals surface area contributed by atoms with Crippen LogP contribution in [0.2, 0.25) is 0 Å². The highest BCUT2D eigenvalue weighted by Crippen LogP contribution is 2.07. The number of aliphatic hydroxyl groups is 1. The summed E-state index contributed by atoms with van der Waals surface area (Å²) < 4.78 is 0. The minimum atomic E-state index is -1.68. The van der Waals surface area contributed by atoms with E-state index < -0.39 is 66.9 Å². The first-order valence-corrected chi connectivity index (χ1v) is 10.0. The number of amides is 3. The number of rotatable bonds is 14. The Labute approximate surface area is 180 Å². The summed E-state index contributed by atoms with van der Waals surface area (Å²) in [6, 6.07) is -5.15. The van der Waals surface area contributed by atoms with Crippen molar-refractivity contribution in [3.05, 3.63) is 0 Å². The van der Waals surface area contributed by atoms with Crippen LogP contribution in [0, 0.1) is 11.8 Å². The summed E-state index contributed by atoms with van der Waals surface area (Å²) in [6.45, 7) is 6.50. The van der Waals surface area contributed by atoms with Gasteiger partial charge in [-0.15, -0.1) is 0 Å². The number of carbonyl (C=O) groups is 5. The minimum absolute atomic E-state index is 0.0968. The minimum Gasteiger partial charge on any atom is -0.481 e. The van der Waals surface area contributed by atoms with Crippen LogP contribution in [0.5, 0.6) is 0 Å². The summed E-state index contributed by atoms with van der Waals surface area (Å²) in [6.07, 6.45) is -0.368. The van der Waals surface area contributed by atoms with Crippen molar-refractivity contribution in [3.63, 3.8) is 0 Å². The predicted molar refractivity (Wildman–Crippen MR) is 110 cm³/mol. The van der Waals surface area contributed by atoms with Gasteiger partial charge in [0.2, 0.25) is 17.7 Å². The van der Waals surface area contributed by atoms with Crippen molar-refractivity contribution >= 4 is 29.7 Å². The van der Waals surface area contributed by atoms with E-state index in [4.69, 9.17) is 15.9 Å². The molecule has 178 valence electrons. The van der Waals surface area contributed by atoms with E-state index >= 15 is 0 Å². The maximum Gasteiger partial charge on any atom is 0.326 e. The summed E-state index contributed by atoms with van der Waals surface area (Å²) in [7, 11) is 0. The quantitative estimate of drug-likeness (QED) is 0.164. The zero-order valence-corrected chi connectivity index (χ0v) is 18.3. The third kappa shape index (κ3) is 11.3. The van der Waals surface area contributed by atoms with Gasteiger partial charge in [0.1, 0.15) is 18.1 Å². The van der Waals surface area contributed by atoms with E-state index in [9.17, 15) is 29.1 Å². The number of hydrogen-bond acceptors (Lipinski definition) is 7. The van der Waals surface area contributed by atoms with Gasteiger partial charge in [0.15, 0.2) is 0 Å². The van der Waals surface area contributed by atoms with Crippen LogP contribution in [-0.2, 0) is 24.0 Å². The number of carboxylic acid groups (broad SMARTS) is 2. The molecule has 12 nitrogen and oxygen atoms in total. The van der Waals surface area contributed by atoms with Crippen molar-refractivity contribution in [2.45, 2.75) is 71.1 Å². The van der Waals surface area contributed by atoms with Crippen LogP contribution in [0.4, 0.5) is 0 Å². The fraction of sp³-hybridized carbons (Fsp3) is 0.737. The number of nitrogens with one attached hydrogen (secondary N) is 3. The van der Waals surface area contributed by atoms with E-state index in [2.05, 4.69) is 16.0 Å². The molecule has 0 aliphatic carbocycles. The predicted octanol–water partition coefficient (Wildman–Crippen LogP) is -1.59. The average molecular weight is 447 g/mol. The standard InChI is InChI=1S/C19H34N4O8/c1-9(2)5-11(20)16(27)23-14(8-24)18(29)21-12(6-10(3)4)17(28)22-13(19(30)31)7-15(25)26/h9-14,24H,5-8,20H2,1-4H3,(H,21,29)(H,22,28)(H,23,27)(H,25,26)(H,30,31)/t11-,12-,13-,14-/m0/s1. The second-order valence-corrected chi connectivity index (χ2v) is 8.17. The molecule has 3 amide bonds. The lowest BCUT2D eigenvalue weighted by atomic mass is 10.0. The topological polar surface area (TPSA) is 208 Å². The summed E-state index contributed by atoms with van der Waals surface area (Å²) in [5.74, 6) is -5.31. The highest BCUT2D eigenvalue weighted by molar-refractivity contribution is 5.94. The van der Waals surface area contributed by atoms with Crippen LogP contribution in [0.15, 0.2) is 0 Å². The van der Waals surface area contributed by atoms with Crippen molar-refractivity contribution in [3.8, 4) is 0 Å². The Morgan fingerprint density at radius 1 is 0.742 bits per heavy atom. The van der Waals surface area contributed by atoms with Crippen LogP contribution >= 0.6 is 0 Å². The second kappa shape index (κ2) is 13.5. The molecule has 0 fully saturated rings. The molecule has 0 aromatic carbocycles. The number of nitrogens with two attached hydrogens (primary N) is 1. The summed E-state index contributed by atoms with van der Waals surface area (Å²) in [4.78, 5) is 59.2. The summed E-state index contributed by atoms with van der Waals surface area (Å²) >= 11 is 0. The van der Waals surface area contributed by atoms with Gasteiger partial charge in [-0.05, 0) is 24.7 Å². The SMILES string of the molecule is CC(C)C[C@H](NC(=O)[C@H](CO)NC(=O)[C@@H](N)CC(C)C)C(=O)N[C@@H](CC(=O)O)C(=O)O. The lowest BCUT2D eigenvalue weighted by molar-refractivity contribution is -0.147. The normalized spacial score (nSPS) is 15.0. The molecule has 0 heterocycles. The van der Waals surface area contributed by atoms with Gasteiger partial charge in [0.05, 0.1) is 19.1 Å². The lowest BCUT2D eigenvalue weighted by Crippen LogP contribution is -2.58. The Morgan fingerprint density at radius 2 is 1.19 bits per heavy atom. The first-order chi connectivity index (χ1) is 14.3. The van der Waals surface area contributed by atoms with Crippen LogP contribution in [-0.4, -0.2) is 75.8 Å². The maximum atomic E-state index is 12.5. The smallest absolute Gasteiger partial charge is 0.326 e. The van der Waals surface area contributed by atoms with Gasteiger partial charge in [0, 0.05) is 0 Å². The van der Waals surface area contributed by atoms with Gasteiger partial charge in [0.25, 0.3) is 0 Å². The van der Waals surface area contributed by atoms with Crippen LogP contribution in [0.3, 0.4) is 0 Å². The number of aliphatic carboxylic acids is 2. The molecule has 0 aliphatic heterocycles. The molecule has 0 rings (SSSR count). The Morgan fingerprint density at radius 3 is 1.61 bits per heavy atom. The van der Waals surface area contributed by atoms with Crippen molar-refractivity contribution < 1.29 is 39.3 Å². The van der Waals surface area contributed by atoms with E-state index in [0.29, 0.717) is 6.42 Å². The molecule has 0 aromatic rings. The van der Waals surface area contributed by atoms with Crippen molar-refractivity contribution in [2.75, 3.05) is 6.61 Å². The van der Waals surface area contributed by atoms with Gasteiger partial charge in [-0.25, -0.2) is 4.79 Å². The fourth-order valence-electron chi connectivity index (χ4n) is 2.71. The largest absolute Gasteiger partial charge is 0.481 e. The molecule has 0 aromatic heterocycles. The second-order valence-electron chi connectivity index (χ2n) is 8.17. The zero-order valence-electron chi connectivity index (χ0n) is 18.3. The third-order valence-corrected chi connectivity index (χ3v) is 4.21. The Bertz CT molecular complexity index is 653. The molecule has 0 saturated heterocycles. The number of aliphatic hydroxyl groups excluding tert-OH is 1. The molecule has 0 aliphatic rings. The maximum absolute atomic E-state index is 12.5.